The van der Waals surface area contributed by atoms with Crippen molar-refractivity contribution in [3.63, 3.8) is 0 Å². The van der Waals surface area contributed by atoms with E-state index in [2.05, 4.69) is 63.5 Å². The van der Waals surface area contributed by atoms with Crippen LogP contribution in [0, 0.1) is 13.8 Å². The zero-order valence-electron chi connectivity index (χ0n) is 15.7. The first-order chi connectivity index (χ1) is 13.4. The van der Waals surface area contributed by atoms with Gasteiger partial charge in [0.05, 0.1) is 10.8 Å². The maximum Gasteiger partial charge on any atom is 0.237 e. The molecule has 0 bridgehead atoms. The number of fused-ring (bicyclic) bond motifs is 3. The van der Waals surface area contributed by atoms with E-state index in [1.165, 1.54) is 17.1 Å². The van der Waals surface area contributed by atoms with E-state index in [1.54, 1.807) is 0 Å². The van der Waals surface area contributed by atoms with Gasteiger partial charge in [-0.25, -0.2) is 0 Å². The Labute approximate surface area is 175 Å². The molecular weight excluding hydrogens is 436 g/mol. The lowest BCUT2D eigenvalue weighted by atomic mass is 10.1. The number of anilines is 1. The van der Waals surface area contributed by atoms with Gasteiger partial charge in [0.15, 0.2) is 10.8 Å². The van der Waals surface area contributed by atoms with Crippen molar-refractivity contribution in [2.24, 2.45) is 0 Å². The summed E-state index contributed by atoms with van der Waals surface area (Å²) in [5.41, 5.74) is 4.97. The number of aromatic nitrogens is 3. The summed E-state index contributed by atoms with van der Waals surface area (Å²) in [6, 6.07) is 15.8. The Morgan fingerprint density at radius 3 is 2.61 bits per heavy atom. The van der Waals surface area contributed by atoms with Gasteiger partial charge in [0, 0.05) is 15.5 Å². The highest BCUT2D eigenvalue weighted by Gasteiger charge is 2.20. The van der Waals surface area contributed by atoms with Crippen LogP contribution in [0.4, 0.5) is 5.69 Å². The van der Waals surface area contributed by atoms with E-state index >= 15 is 0 Å². The first-order valence-electron chi connectivity index (χ1n) is 8.91. The summed E-state index contributed by atoms with van der Waals surface area (Å²) in [6.07, 6.45) is 0. The molecule has 2 aromatic heterocycles. The van der Waals surface area contributed by atoms with E-state index in [0.29, 0.717) is 5.16 Å². The number of hydrogen-bond acceptors (Lipinski definition) is 4. The van der Waals surface area contributed by atoms with E-state index in [9.17, 15) is 4.79 Å². The number of rotatable bonds is 4. The molecule has 5 nitrogen and oxygen atoms in total. The predicted molar refractivity (Wildman–Crippen MR) is 118 cm³/mol. The van der Waals surface area contributed by atoms with Crippen molar-refractivity contribution in [3.8, 4) is 0 Å². The highest BCUT2D eigenvalue weighted by Crippen LogP contribution is 2.30. The smallest absolute Gasteiger partial charge is 0.237 e. The number of para-hydroxylation sites is 1. The van der Waals surface area contributed by atoms with Crippen LogP contribution < -0.4 is 5.32 Å². The molecule has 1 amide bonds. The summed E-state index contributed by atoms with van der Waals surface area (Å²) in [7, 11) is 0. The van der Waals surface area contributed by atoms with Gasteiger partial charge in [0.25, 0.3) is 0 Å². The van der Waals surface area contributed by atoms with Gasteiger partial charge in [0.2, 0.25) is 5.91 Å². The van der Waals surface area contributed by atoms with Crippen LogP contribution in [-0.2, 0) is 4.79 Å². The van der Waals surface area contributed by atoms with Gasteiger partial charge in [0.1, 0.15) is 0 Å². The molecule has 0 fully saturated rings. The van der Waals surface area contributed by atoms with Gasteiger partial charge in [-0.3, -0.25) is 9.20 Å². The van der Waals surface area contributed by atoms with Crippen LogP contribution in [0.15, 0.2) is 58.2 Å². The Balaban J connectivity index is 1.66. The number of nitrogens with zero attached hydrogens (tertiary/aromatic N) is 3. The molecule has 28 heavy (non-hydrogen) atoms. The van der Waals surface area contributed by atoms with E-state index in [0.717, 1.165) is 32.5 Å². The van der Waals surface area contributed by atoms with Crippen molar-refractivity contribution in [2.75, 3.05) is 5.32 Å². The average molecular weight is 455 g/mol. The quantitative estimate of drug-likeness (QED) is 0.420. The molecule has 0 aliphatic carbocycles. The largest absolute Gasteiger partial charge is 0.325 e. The molecule has 1 unspecified atom stereocenters. The molecule has 1 atom stereocenters. The van der Waals surface area contributed by atoms with Gasteiger partial charge in [-0.05, 0) is 62.2 Å². The molecule has 4 rings (SSSR count). The summed E-state index contributed by atoms with van der Waals surface area (Å²) in [6.45, 7) is 6.04. The number of nitrogens with one attached hydrogen (secondary N) is 1. The number of hydrogen-bond donors (Lipinski definition) is 1. The summed E-state index contributed by atoms with van der Waals surface area (Å²) in [5, 5.41) is 13.2. The van der Waals surface area contributed by atoms with Crippen LogP contribution in [0.3, 0.4) is 0 Å². The summed E-state index contributed by atoms with van der Waals surface area (Å²) < 4.78 is 3.02. The Bertz CT molecular complexity index is 1190. The standard InChI is InChI=1S/C21H19BrN4OS/c1-12-5-4-6-17-13(2)11-18-24-25-21(26(18)19(12)17)28-14(3)20(27)23-16-9-7-15(22)8-10-16/h4-11,14H,1-3H3,(H,23,27). The van der Waals surface area contributed by atoms with Crippen molar-refractivity contribution in [3.05, 3.63) is 64.1 Å². The number of benzene rings is 2. The number of amides is 1. The second-order valence-corrected chi connectivity index (χ2v) is 8.95. The molecule has 0 saturated heterocycles. The third-order valence-electron chi connectivity index (χ3n) is 4.65. The Hall–Kier alpha value is -2.38. The zero-order chi connectivity index (χ0) is 19.8. The summed E-state index contributed by atoms with van der Waals surface area (Å²) in [5.74, 6) is -0.0720. The fourth-order valence-corrected chi connectivity index (χ4v) is 4.32. The van der Waals surface area contributed by atoms with E-state index in [4.69, 9.17) is 0 Å². The number of halogens is 1. The maximum atomic E-state index is 12.6. The predicted octanol–water partition coefficient (Wildman–Crippen LogP) is 5.38. The second-order valence-electron chi connectivity index (χ2n) is 6.73. The first-order valence-corrected chi connectivity index (χ1v) is 10.6. The number of carbonyl (C=O) groups is 1. The molecule has 4 aromatic rings. The van der Waals surface area contributed by atoms with Crippen molar-refractivity contribution < 1.29 is 4.79 Å². The molecule has 0 aliphatic heterocycles. The molecule has 2 heterocycles. The monoisotopic (exact) mass is 454 g/mol. The third kappa shape index (κ3) is 3.52. The van der Waals surface area contributed by atoms with Gasteiger partial charge in [-0.15, -0.1) is 10.2 Å². The maximum absolute atomic E-state index is 12.6. The van der Waals surface area contributed by atoms with Crippen molar-refractivity contribution in [1.82, 2.24) is 14.6 Å². The van der Waals surface area contributed by atoms with Crippen LogP contribution in [0.5, 0.6) is 0 Å². The fraction of sp³-hybridized carbons (Fsp3) is 0.190. The van der Waals surface area contributed by atoms with E-state index in [1.807, 2.05) is 41.7 Å². The molecule has 7 heteroatoms. The lowest BCUT2D eigenvalue weighted by Gasteiger charge is -2.13. The van der Waals surface area contributed by atoms with Crippen molar-refractivity contribution in [1.29, 1.82) is 0 Å². The van der Waals surface area contributed by atoms with Crippen LogP contribution in [0.1, 0.15) is 18.1 Å². The van der Waals surface area contributed by atoms with Crippen LogP contribution in [0.2, 0.25) is 0 Å². The fourth-order valence-electron chi connectivity index (χ4n) is 3.20. The van der Waals surface area contributed by atoms with Crippen LogP contribution in [0.25, 0.3) is 16.6 Å². The highest BCUT2D eigenvalue weighted by molar-refractivity contribution is 9.10. The number of carbonyl (C=O) groups excluding carboxylic acids is 1. The van der Waals surface area contributed by atoms with Gasteiger partial charge >= 0.3 is 0 Å². The lowest BCUT2D eigenvalue weighted by Crippen LogP contribution is -2.22. The SMILES string of the molecule is Cc1cc2nnc(SC(C)C(=O)Nc3ccc(Br)cc3)n2c2c(C)cccc12. The van der Waals surface area contributed by atoms with Crippen molar-refractivity contribution in [2.45, 2.75) is 31.2 Å². The van der Waals surface area contributed by atoms with Gasteiger partial charge in [-0.2, -0.15) is 0 Å². The number of aryl methyl sites for hydroxylation is 2. The minimum Gasteiger partial charge on any atom is -0.325 e. The average Bonchev–Trinajstić information content (AvgIpc) is 3.06. The number of pyridine rings is 1. The van der Waals surface area contributed by atoms with Gasteiger partial charge < -0.3 is 5.32 Å². The Morgan fingerprint density at radius 2 is 1.86 bits per heavy atom. The molecule has 142 valence electrons. The first kappa shape index (κ1) is 19.0. The molecule has 0 spiro atoms. The third-order valence-corrected chi connectivity index (χ3v) is 6.22. The molecule has 2 aromatic carbocycles. The topological polar surface area (TPSA) is 59.3 Å². The second kappa shape index (κ2) is 7.56. The summed E-state index contributed by atoms with van der Waals surface area (Å²) in [4.78, 5) is 12.6. The molecular formula is C21H19BrN4OS. The molecule has 0 saturated carbocycles. The van der Waals surface area contributed by atoms with Crippen molar-refractivity contribution >= 4 is 55.8 Å². The minimum absolute atomic E-state index is 0.0720. The molecule has 0 aliphatic rings. The van der Waals surface area contributed by atoms with Crippen LogP contribution >= 0.6 is 27.7 Å². The summed E-state index contributed by atoms with van der Waals surface area (Å²) >= 11 is 4.81. The van der Waals surface area contributed by atoms with E-state index in [-0.39, 0.29) is 11.2 Å². The van der Waals surface area contributed by atoms with E-state index < -0.39 is 0 Å². The lowest BCUT2D eigenvalue weighted by molar-refractivity contribution is -0.115. The number of thioether (sulfide) groups is 1. The molecule has 0 radical (unpaired) electrons. The zero-order valence-corrected chi connectivity index (χ0v) is 18.1. The van der Waals surface area contributed by atoms with Crippen LogP contribution in [-0.4, -0.2) is 25.8 Å². The minimum atomic E-state index is -0.323. The van der Waals surface area contributed by atoms with Gasteiger partial charge in [-0.1, -0.05) is 45.9 Å². The Kier molecular flexibility index (Phi) is 5.12. The Morgan fingerprint density at radius 1 is 1.11 bits per heavy atom. The molecule has 1 N–H and O–H groups in total. The highest BCUT2D eigenvalue weighted by atomic mass is 79.9. The normalized spacial score (nSPS) is 12.4.